The van der Waals surface area contributed by atoms with Gasteiger partial charge in [0.2, 0.25) is 0 Å². The molecule has 6 heteroatoms. The molecule has 0 radical (unpaired) electrons. The van der Waals surface area contributed by atoms with Gasteiger partial charge in [0.15, 0.2) is 0 Å². The van der Waals surface area contributed by atoms with Crippen LogP contribution in [-0.4, -0.2) is 56.4 Å². The minimum absolute atomic E-state index is 0.0833. The molecule has 0 unspecified atom stereocenters. The number of phenols is 1. The Morgan fingerprint density at radius 1 is 1.25 bits per heavy atom. The minimum Gasteiger partial charge on any atom is -0.507 e. The summed E-state index contributed by atoms with van der Waals surface area (Å²) in [6.07, 6.45) is 0.675. The molecule has 1 rings (SSSR count). The molecule has 0 heterocycles. The topological polar surface area (TPSA) is 59.0 Å². The molecule has 5 nitrogen and oxygen atoms in total. The highest BCUT2D eigenvalue weighted by atomic mass is 19.1. The quantitative estimate of drug-likeness (QED) is 0.738. The molecule has 0 saturated carbocycles. The van der Waals surface area contributed by atoms with Crippen LogP contribution in [0.4, 0.5) is 4.39 Å². The van der Waals surface area contributed by atoms with E-state index >= 15 is 0 Å². The van der Waals surface area contributed by atoms with Gasteiger partial charge in [-0.3, -0.25) is 4.79 Å². The summed E-state index contributed by atoms with van der Waals surface area (Å²) in [6.45, 7) is 1.80. The number of benzene rings is 1. The van der Waals surface area contributed by atoms with Crippen molar-refractivity contribution in [2.24, 2.45) is 0 Å². The van der Waals surface area contributed by atoms with Crippen molar-refractivity contribution in [2.75, 3.05) is 40.5 Å². The second-order valence-electron chi connectivity index (χ2n) is 4.29. The summed E-state index contributed by atoms with van der Waals surface area (Å²) < 4.78 is 22.9. The molecule has 0 aliphatic carbocycles. The highest BCUT2D eigenvalue weighted by Crippen LogP contribution is 2.20. The molecular weight excluding hydrogens is 265 g/mol. The second-order valence-corrected chi connectivity index (χ2v) is 4.29. The lowest BCUT2D eigenvalue weighted by atomic mass is 10.1. The fourth-order valence-corrected chi connectivity index (χ4v) is 1.77. The lowest BCUT2D eigenvalue weighted by Gasteiger charge is -2.22. The van der Waals surface area contributed by atoms with Gasteiger partial charge in [-0.1, -0.05) is 0 Å². The maximum Gasteiger partial charge on any atom is 0.257 e. The van der Waals surface area contributed by atoms with Gasteiger partial charge in [0, 0.05) is 40.0 Å². The lowest BCUT2D eigenvalue weighted by Crippen LogP contribution is -2.35. The van der Waals surface area contributed by atoms with Crippen LogP contribution in [0.3, 0.4) is 0 Å². The van der Waals surface area contributed by atoms with Crippen molar-refractivity contribution < 1.29 is 23.8 Å². The summed E-state index contributed by atoms with van der Waals surface area (Å²) >= 11 is 0. The van der Waals surface area contributed by atoms with Crippen LogP contribution < -0.4 is 0 Å². The van der Waals surface area contributed by atoms with E-state index in [2.05, 4.69) is 0 Å². The summed E-state index contributed by atoms with van der Waals surface area (Å²) in [7, 11) is 3.14. The number of carbonyl (C=O) groups excluding carboxylic acids is 1. The van der Waals surface area contributed by atoms with E-state index in [1.165, 1.54) is 6.07 Å². The van der Waals surface area contributed by atoms with Crippen LogP contribution in [0.25, 0.3) is 0 Å². The molecule has 0 aliphatic rings. The zero-order valence-corrected chi connectivity index (χ0v) is 11.8. The maximum absolute atomic E-state index is 12.9. The molecule has 1 aromatic carbocycles. The second kappa shape index (κ2) is 8.50. The van der Waals surface area contributed by atoms with Gasteiger partial charge in [-0.25, -0.2) is 4.39 Å². The Morgan fingerprint density at radius 2 is 1.95 bits per heavy atom. The average molecular weight is 285 g/mol. The van der Waals surface area contributed by atoms with E-state index in [-0.39, 0.29) is 17.2 Å². The maximum atomic E-state index is 12.9. The van der Waals surface area contributed by atoms with Crippen molar-refractivity contribution in [3.63, 3.8) is 0 Å². The predicted molar refractivity (Wildman–Crippen MR) is 72.3 cm³/mol. The Balaban J connectivity index is 2.79. The van der Waals surface area contributed by atoms with Gasteiger partial charge in [-0.15, -0.1) is 0 Å². The van der Waals surface area contributed by atoms with Crippen molar-refractivity contribution in [1.82, 2.24) is 4.90 Å². The molecule has 0 aromatic heterocycles. The molecule has 0 bridgehead atoms. The summed E-state index contributed by atoms with van der Waals surface area (Å²) in [5, 5.41) is 9.66. The Hall–Kier alpha value is -1.66. The number of rotatable bonds is 8. The molecule has 1 aromatic rings. The van der Waals surface area contributed by atoms with E-state index in [1.54, 1.807) is 19.1 Å². The summed E-state index contributed by atoms with van der Waals surface area (Å²) in [6, 6.07) is 3.36. The molecule has 0 aliphatic heterocycles. The van der Waals surface area contributed by atoms with Crippen molar-refractivity contribution in [3.8, 4) is 5.75 Å². The lowest BCUT2D eigenvalue weighted by molar-refractivity contribution is 0.0671. The van der Waals surface area contributed by atoms with Crippen LogP contribution in [0.5, 0.6) is 5.75 Å². The Bertz CT molecular complexity index is 439. The van der Waals surface area contributed by atoms with Gasteiger partial charge >= 0.3 is 0 Å². The zero-order valence-electron chi connectivity index (χ0n) is 11.8. The SMILES string of the molecule is COCCCN(CCOC)C(=O)c1ccc(F)cc1O. The van der Waals surface area contributed by atoms with Gasteiger partial charge in [-0.2, -0.15) is 0 Å². The summed E-state index contributed by atoms with van der Waals surface area (Å²) in [5.41, 5.74) is 0.0833. The monoisotopic (exact) mass is 285 g/mol. The third-order valence-electron chi connectivity index (χ3n) is 2.82. The number of ether oxygens (including phenoxy) is 2. The Morgan fingerprint density at radius 3 is 2.55 bits per heavy atom. The van der Waals surface area contributed by atoms with Gasteiger partial charge < -0.3 is 19.5 Å². The largest absolute Gasteiger partial charge is 0.507 e. The van der Waals surface area contributed by atoms with Crippen molar-refractivity contribution in [2.45, 2.75) is 6.42 Å². The number of halogens is 1. The van der Waals surface area contributed by atoms with Crippen LogP contribution in [0, 0.1) is 5.82 Å². The van der Waals surface area contributed by atoms with E-state index < -0.39 is 5.82 Å². The van der Waals surface area contributed by atoms with Crippen LogP contribution in [0.1, 0.15) is 16.8 Å². The van der Waals surface area contributed by atoms with E-state index in [0.717, 1.165) is 12.1 Å². The van der Waals surface area contributed by atoms with E-state index in [1.807, 2.05) is 0 Å². The van der Waals surface area contributed by atoms with Gasteiger partial charge in [0.25, 0.3) is 5.91 Å². The smallest absolute Gasteiger partial charge is 0.257 e. The molecule has 0 atom stereocenters. The molecule has 1 N–H and O–H groups in total. The van der Waals surface area contributed by atoms with Crippen molar-refractivity contribution in [1.29, 1.82) is 0 Å². The minimum atomic E-state index is -0.582. The summed E-state index contributed by atoms with van der Waals surface area (Å²) in [5.74, 6) is -1.29. The molecular formula is C14H20FNO4. The number of nitrogens with zero attached hydrogens (tertiary/aromatic N) is 1. The van der Waals surface area contributed by atoms with E-state index in [0.29, 0.717) is 32.7 Å². The first kappa shape index (κ1) is 16.4. The molecule has 0 spiro atoms. The predicted octanol–water partition coefficient (Wildman–Crippen LogP) is 1.66. The average Bonchev–Trinajstić information content (AvgIpc) is 2.42. The fourth-order valence-electron chi connectivity index (χ4n) is 1.77. The molecule has 20 heavy (non-hydrogen) atoms. The van der Waals surface area contributed by atoms with Gasteiger partial charge in [-0.05, 0) is 18.6 Å². The Labute approximate surface area is 117 Å². The highest BCUT2D eigenvalue weighted by Gasteiger charge is 2.18. The van der Waals surface area contributed by atoms with E-state index in [4.69, 9.17) is 9.47 Å². The van der Waals surface area contributed by atoms with Crippen LogP contribution in [-0.2, 0) is 9.47 Å². The van der Waals surface area contributed by atoms with Crippen LogP contribution in [0.15, 0.2) is 18.2 Å². The third-order valence-corrected chi connectivity index (χ3v) is 2.82. The number of amides is 1. The zero-order chi connectivity index (χ0) is 15.0. The van der Waals surface area contributed by atoms with Crippen molar-refractivity contribution in [3.05, 3.63) is 29.6 Å². The van der Waals surface area contributed by atoms with Crippen LogP contribution >= 0.6 is 0 Å². The first-order valence-corrected chi connectivity index (χ1v) is 6.35. The van der Waals surface area contributed by atoms with Crippen molar-refractivity contribution >= 4 is 5.91 Å². The number of hydrogen-bond donors (Lipinski definition) is 1. The number of carbonyl (C=O) groups is 1. The Kier molecular flexibility index (Phi) is 6.97. The fraction of sp³-hybridized carbons (Fsp3) is 0.500. The number of methoxy groups -OCH3 is 2. The number of aromatic hydroxyl groups is 1. The summed E-state index contributed by atoms with van der Waals surface area (Å²) in [4.78, 5) is 13.9. The first-order chi connectivity index (χ1) is 9.60. The number of hydrogen-bond acceptors (Lipinski definition) is 4. The highest BCUT2D eigenvalue weighted by molar-refractivity contribution is 5.96. The van der Waals surface area contributed by atoms with Crippen LogP contribution in [0.2, 0.25) is 0 Å². The number of phenolic OH excluding ortho intramolecular Hbond substituents is 1. The first-order valence-electron chi connectivity index (χ1n) is 6.35. The molecule has 0 saturated heterocycles. The standard InChI is InChI=1S/C14H20FNO4/c1-19-8-3-6-16(7-9-20-2)14(18)12-5-4-11(15)10-13(12)17/h4-5,10,17H,3,6-9H2,1-2H3. The molecule has 112 valence electrons. The van der Waals surface area contributed by atoms with Gasteiger partial charge in [0.1, 0.15) is 11.6 Å². The molecule has 0 fully saturated rings. The van der Waals surface area contributed by atoms with E-state index in [9.17, 15) is 14.3 Å². The normalized spacial score (nSPS) is 10.6. The van der Waals surface area contributed by atoms with Gasteiger partial charge in [0.05, 0.1) is 12.2 Å². The molecule has 1 amide bonds. The third kappa shape index (κ3) is 4.79.